The average Bonchev–Trinajstić information content (AvgIpc) is 2.73. The van der Waals surface area contributed by atoms with E-state index in [-0.39, 0.29) is 12.4 Å². The Balaban J connectivity index is 2.56. The highest BCUT2D eigenvalue weighted by Gasteiger charge is 2.20. The summed E-state index contributed by atoms with van der Waals surface area (Å²) in [6.45, 7) is -0.269. The molecule has 1 aromatic carbocycles. The second-order valence-corrected chi connectivity index (χ2v) is 4.88. The number of fused-ring (bicyclic) bond motifs is 3. The molecular weight excluding hydrogens is 296 g/mol. The number of halogens is 1. The molecule has 3 rings (SSSR count). The lowest BCUT2D eigenvalue weighted by Crippen LogP contribution is -2.09. The zero-order chi connectivity index (χ0) is 15.1. The monoisotopic (exact) mass is 306 g/mol. The quantitative estimate of drug-likeness (QED) is 0.766. The fraction of sp³-hybridized carbons (Fsp3) is 0.154. The van der Waals surface area contributed by atoms with Crippen LogP contribution in [0.15, 0.2) is 18.5 Å². The number of nitrogen functional groups attached to an aromatic ring is 1. The van der Waals surface area contributed by atoms with E-state index in [0.717, 1.165) is 0 Å². The summed E-state index contributed by atoms with van der Waals surface area (Å²) in [5.41, 5.74) is 6.92. The van der Waals surface area contributed by atoms with E-state index in [1.807, 2.05) is 0 Å². The van der Waals surface area contributed by atoms with Crippen LogP contribution in [0.4, 0.5) is 5.82 Å². The van der Waals surface area contributed by atoms with Gasteiger partial charge in [-0.15, -0.1) is 0 Å². The van der Waals surface area contributed by atoms with E-state index in [4.69, 9.17) is 27.2 Å². The number of anilines is 1. The van der Waals surface area contributed by atoms with Crippen LogP contribution in [0.2, 0.25) is 5.02 Å². The number of hydrogen-bond donors (Lipinski definition) is 2. The highest BCUT2D eigenvalue weighted by Crippen LogP contribution is 2.38. The molecule has 7 nitrogen and oxygen atoms in total. The van der Waals surface area contributed by atoms with Crippen molar-refractivity contribution >= 4 is 45.3 Å². The third-order valence-electron chi connectivity index (χ3n) is 3.20. The van der Waals surface area contributed by atoms with E-state index in [0.29, 0.717) is 32.7 Å². The molecule has 0 amide bonds. The lowest BCUT2D eigenvalue weighted by Gasteiger charge is -2.07. The van der Waals surface area contributed by atoms with Crippen molar-refractivity contribution in [1.29, 1.82) is 0 Å². The molecule has 0 atom stereocenters. The normalized spacial score (nSPS) is 11.1. The minimum atomic E-state index is -0.997. The summed E-state index contributed by atoms with van der Waals surface area (Å²) in [6, 6.07) is 3.31. The first-order valence-electron chi connectivity index (χ1n) is 6.00. The second kappa shape index (κ2) is 4.78. The minimum absolute atomic E-state index is 0.262. The predicted octanol–water partition coefficient (Wildman–Crippen LogP) is 1.91. The number of methoxy groups -OCH3 is 1. The lowest BCUT2D eigenvalue weighted by atomic mass is 10.2. The minimum Gasteiger partial charge on any atom is -0.494 e. The first-order valence-corrected chi connectivity index (χ1v) is 6.38. The van der Waals surface area contributed by atoms with E-state index in [1.54, 1.807) is 12.1 Å². The summed E-state index contributed by atoms with van der Waals surface area (Å²) < 4.78 is 6.84. The molecule has 2 aromatic heterocycles. The Kier molecular flexibility index (Phi) is 3.06. The van der Waals surface area contributed by atoms with E-state index < -0.39 is 5.97 Å². The molecule has 108 valence electrons. The van der Waals surface area contributed by atoms with Crippen LogP contribution in [0.25, 0.3) is 21.9 Å². The van der Waals surface area contributed by atoms with Gasteiger partial charge in [0.05, 0.1) is 18.0 Å². The van der Waals surface area contributed by atoms with Gasteiger partial charge in [-0.05, 0) is 6.07 Å². The maximum Gasteiger partial charge on any atom is 0.323 e. The number of rotatable bonds is 3. The Morgan fingerprint density at radius 3 is 2.90 bits per heavy atom. The molecule has 0 unspecified atom stereocenters. The van der Waals surface area contributed by atoms with Crippen molar-refractivity contribution in [3.05, 3.63) is 23.5 Å². The molecular formula is C13H11ClN4O3. The summed E-state index contributed by atoms with van der Waals surface area (Å²) in [6.07, 6.45) is 1.29. The molecule has 0 aliphatic rings. The van der Waals surface area contributed by atoms with Gasteiger partial charge in [0, 0.05) is 16.5 Å². The summed E-state index contributed by atoms with van der Waals surface area (Å²) in [7, 11) is 1.49. The topological polar surface area (TPSA) is 103 Å². The van der Waals surface area contributed by atoms with Crippen LogP contribution in [0.3, 0.4) is 0 Å². The Hall–Kier alpha value is -2.54. The van der Waals surface area contributed by atoms with Gasteiger partial charge in [-0.3, -0.25) is 4.79 Å². The number of carboxylic acid groups (broad SMARTS) is 1. The third-order valence-corrected chi connectivity index (χ3v) is 3.42. The highest BCUT2D eigenvalue weighted by atomic mass is 35.5. The van der Waals surface area contributed by atoms with Crippen LogP contribution in [0.5, 0.6) is 5.75 Å². The number of aliphatic carboxylic acids is 1. The van der Waals surface area contributed by atoms with Crippen LogP contribution in [-0.2, 0) is 11.3 Å². The fourth-order valence-corrected chi connectivity index (χ4v) is 2.65. The number of nitrogens with two attached hydrogens (primary N) is 1. The standard InChI is InChI=1S/C13H11ClN4O3/c1-21-8-3-6(14)2-7-10-12(15)16-5-17-13(10)18(11(7)8)4-9(19)20/h2-3,5H,4H2,1H3,(H,19,20)(H2,15,16,17). The van der Waals surface area contributed by atoms with Gasteiger partial charge in [-0.2, -0.15) is 0 Å². The van der Waals surface area contributed by atoms with Crippen molar-refractivity contribution in [2.24, 2.45) is 0 Å². The third kappa shape index (κ3) is 2.02. The fourth-order valence-electron chi connectivity index (χ4n) is 2.45. The zero-order valence-electron chi connectivity index (χ0n) is 11.0. The van der Waals surface area contributed by atoms with Crippen LogP contribution < -0.4 is 10.5 Å². The largest absolute Gasteiger partial charge is 0.494 e. The van der Waals surface area contributed by atoms with Crippen LogP contribution >= 0.6 is 11.6 Å². The van der Waals surface area contributed by atoms with Crippen molar-refractivity contribution in [2.75, 3.05) is 12.8 Å². The van der Waals surface area contributed by atoms with Gasteiger partial charge in [-0.1, -0.05) is 11.6 Å². The number of carbonyl (C=O) groups is 1. The maximum atomic E-state index is 11.1. The molecule has 0 aliphatic carbocycles. The molecule has 0 aliphatic heterocycles. The molecule has 2 heterocycles. The Bertz CT molecular complexity index is 875. The molecule has 0 bridgehead atoms. The molecule has 0 fully saturated rings. The highest BCUT2D eigenvalue weighted by molar-refractivity contribution is 6.32. The Morgan fingerprint density at radius 1 is 1.48 bits per heavy atom. The number of benzene rings is 1. The summed E-state index contributed by atoms with van der Waals surface area (Å²) >= 11 is 6.08. The van der Waals surface area contributed by atoms with Crippen LogP contribution in [-0.4, -0.2) is 32.7 Å². The number of aromatic nitrogens is 3. The predicted molar refractivity (Wildman–Crippen MR) is 78.6 cm³/mol. The number of carboxylic acids is 1. The van der Waals surface area contributed by atoms with E-state index >= 15 is 0 Å². The number of nitrogens with zero attached hydrogens (tertiary/aromatic N) is 3. The molecule has 3 aromatic rings. The summed E-state index contributed by atoms with van der Waals surface area (Å²) in [5.74, 6) is -0.280. The Morgan fingerprint density at radius 2 is 2.24 bits per heavy atom. The smallest absolute Gasteiger partial charge is 0.323 e. The van der Waals surface area contributed by atoms with Crippen molar-refractivity contribution in [1.82, 2.24) is 14.5 Å². The molecule has 0 saturated carbocycles. The zero-order valence-corrected chi connectivity index (χ0v) is 11.8. The SMILES string of the molecule is COc1cc(Cl)cc2c3c(N)ncnc3n(CC(=O)O)c12. The van der Waals surface area contributed by atoms with Gasteiger partial charge in [0.25, 0.3) is 0 Å². The van der Waals surface area contributed by atoms with Crippen molar-refractivity contribution in [3.63, 3.8) is 0 Å². The first-order chi connectivity index (χ1) is 10.0. The van der Waals surface area contributed by atoms with Gasteiger partial charge < -0.3 is 20.1 Å². The second-order valence-electron chi connectivity index (χ2n) is 4.44. The average molecular weight is 307 g/mol. The van der Waals surface area contributed by atoms with Crippen molar-refractivity contribution in [3.8, 4) is 5.75 Å². The van der Waals surface area contributed by atoms with E-state index in [2.05, 4.69) is 9.97 Å². The molecule has 8 heteroatoms. The molecule has 3 N–H and O–H groups in total. The molecule has 0 spiro atoms. The first kappa shape index (κ1) is 13.4. The van der Waals surface area contributed by atoms with Crippen molar-refractivity contribution in [2.45, 2.75) is 6.54 Å². The van der Waals surface area contributed by atoms with Gasteiger partial charge in [0.1, 0.15) is 30.1 Å². The molecule has 0 saturated heterocycles. The van der Waals surface area contributed by atoms with Crippen LogP contribution in [0.1, 0.15) is 0 Å². The van der Waals surface area contributed by atoms with Gasteiger partial charge >= 0.3 is 5.97 Å². The van der Waals surface area contributed by atoms with Gasteiger partial charge in [0.2, 0.25) is 0 Å². The maximum absolute atomic E-state index is 11.1. The summed E-state index contributed by atoms with van der Waals surface area (Å²) in [5, 5.41) is 10.8. The number of hydrogen-bond acceptors (Lipinski definition) is 5. The molecule has 0 radical (unpaired) electrons. The van der Waals surface area contributed by atoms with E-state index in [1.165, 1.54) is 18.0 Å². The number of ether oxygens (including phenoxy) is 1. The summed E-state index contributed by atoms with van der Waals surface area (Å²) in [4.78, 5) is 19.2. The van der Waals surface area contributed by atoms with Gasteiger partial charge in [0.15, 0.2) is 0 Å². The van der Waals surface area contributed by atoms with Crippen molar-refractivity contribution < 1.29 is 14.6 Å². The Labute approximate surface area is 123 Å². The lowest BCUT2D eigenvalue weighted by molar-refractivity contribution is -0.137. The molecule has 21 heavy (non-hydrogen) atoms. The van der Waals surface area contributed by atoms with Gasteiger partial charge in [-0.25, -0.2) is 9.97 Å². The van der Waals surface area contributed by atoms with Crippen LogP contribution in [0, 0.1) is 0 Å². The van der Waals surface area contributed by atoms with E-state index in [9.17, 15) is 4.79 Å².